The van der Waals surface area contributed by atoms with Crippen molar-refractivity contribution in [2.45, 2.75) is 16.7 Å². The summed E-state index contributed by atoms with van der Waals surface area (Å²) in [6, 6.07) is 126. The molecule has 18 rings (SSSR count). The van der Waals surface area contributed by atoms with Crippen LogP contribution in [0.3, 0.4) is 0 Å². The summed E-state index contributed by atoms with van der Waals surface area (Å²) in [5, 5.41) is 0. The van der Waals surface area contributed by atoms with Crippen molar-refractivity contribution in [3.8, 4) is 22.3 Å². The smallest absolute Gasteiger partial charge is 0.252 e. The summed E-state index contributed by atoms with van der Waals surface area (Å²) in [5.74, 6) is 0. The molecule has 4 heterocycles. The van der Waals surface area contributed by atoms with Crippen LogP contribution in [0.2, 0.25) is 0 Å². The van der Waals surface area contributed by atoms with E-state index in [0.29, 0.717) is 0 Å². The Hall–Kier alpha value is -11.4. The van der Waals surface area contributed by atoms with Crippen molar-refractivity contribution in [2.75, 3.05) is 24.5 Å². The van der Waals surface area contributed by atoms with Crippen molar-refractivity contribution in [3.63, 3.8) is 0 Å². The molecule has 0 amide bonds. The van der Waals surface area contributed by atoms with Crippen molar-refractivity contribution in [1.82, 2.24) is 0 Å². The Morgan fingerprint density at radius 2 is 0.624 bits per heavy atom. The molecule has 0 saturated heterocycles. The molecule has 0 saturated carbocycles. The molecule has 14 aromatic carbocycles. The van der Waals surface area contributed by atoms with Gasteiger partial charge in [-0.1, -0.05) is 236 Å². The van der Waals surface area contributed by atoms with Crippen LogP contribution in [0.15, 0.2) is 350 Å². The number of para-hydroxylation sites is 7. The van der Waals surface area contributed by atoms with Crippen LogP contribution in [0.5, 0.6) is 0 Å². The van der Waals surface area contributed by atoms with Gasteiger partial charge in [0.15, 0.2) is 0 Å². The van der Waals surface area contributed by atoms with Gasteiger partial charge < -0.3 is 24.5 Å². The average molecular weight is 1200 g/mol. The molecule has 0 aromatic heterocycles. The fourth-order valence-electron chi connectivity index (χ4n) is 15.1. The first-order valence-electron chi connectivity index (χ1n) is 32.0. The van der Waals surface area contributed by atoms with Crippen LogP contribution in [0, 0.1) is 6.92 Å². The summed E-state index contributed by atoms with van der Waals surface area (Å²) in [7, 11) is 0. The lowest BCUT2D eigenvalue weighted by atomic mass is 9.31. The van der Waals surface area contributed by atoms with Crippen molar-refractivity contribution >= 4 is 143 Å². The SMILES string of the molecule is Cc1ccccc1N1c2cc3c(cc2B2c4ccccc4N(c4ccccc4)c4cc(N(c5ccccc5)c5ccccc5)cc1c42)B1c2ccccc2N(c2ccccc2)c2cc(N(c4ccc(-c5ccccc5)cc4)c4ccc(-c5ccccc5)cc4)cc(c21)S3. The Balaban J connectivity index is 0.892. The van der Waals surface area contributed by atoms with E-state index in [2.05, 4.69) is 371 Å². The van der Waals surface area contributed by atoms with Gasteiger partial charge in [0.2, 0.25) is 6.71 Å². The number of fused-ring (bicyclic) bond motifs is 8. The molecule has 5 nitrogen and oxygen atoms in total. The van der Waals surface area contributed by atoms with E-state index >= 15 is 0 Å². The molecular formula is C85H59B2N5S. The predicted molar refractivity (Wildman–Crippen MR) is 395 cm³/mol. The van der Waals surface area contributed by atoms with Crippen LogP contribution in [-0.4, -0.2) is 13.4 Å². The molecular weight excluding hydrogens is 1140 g/mol. The first-order valence-corrected chi connectivity index (χ1v) is 32.9. The van der Waals surface area contributed by atoms with E-state index in [1.54, 1.807) is 0 Å². The van der Waals surface area contributed by atoms with Crippen molar-refractivity contribution in [2.24, 2.45) is 0 Å². The second-order valence-electron chi connectivity index (χ2n) is 24.4. The maximum atomic E-state index is 2.64. The minimum atomic E-state index is -0.120. The number of nitrogens with zero attached hydrogens (tertiary/aromatic N) is 5. The van der Waals surface area contributed by atoms with Crippen LogP contribution >= 0.6 is 11.8 Å². The molecule has 0 atom stereocenters. The van der Waals surface area contributed by atoms with Crippen molar-refractivity contribution < 1.29 is 0 Å². The molecule has 4 aliphatic heterocycles. The number of rotatable bonds is 11. The third-order valence-corrected chi connectivity index (χ3v) is 20.3. The van der Waals surface area contributed by atoms with E-state index in [9.17, 15) is 0 Å². The molecule has 0 bridgehead atoms. The quantitative estimate of drug-likeness (QED) is 0.119. The highest BCUT2D eigenvalue weighted by molar-refractivity contribution is 8.00. The molecule has 8 heteroatoms. The minimum Gasteiger partial charge on any atom is -0.311 e. The molecule has 436 valence electrons. The Bertz CT molecular complexity index is 5030. The predicted octanol–water partition coefficient (Wildman–Crippen LogP) is 19.1. The molecule has 0 fully saturated rings. The van der Waals surface area contributed by atoms with Gasteiger partial charge in [0.1, 0.15) is 0 Å². The largest absolute Gasteiger partial charge is 0.311 e. The summed E-state index contributed by atoms with van der Waals surface area (Å²) in [5.41, 5.74) is 30.5. The zero-order chi connectivity index (χ0) is 61.5. The van der Waals surface area contributed by atoms with E-state index in [4.69, 9.17) is 0 Å². The third-order valence-electron chi connectivity index (χ3n) is 19.1. The first-order chi connectivity index (χ1) is 46.1. The fraction of sp³-hybridized carbons (Fsp3) is 0.0118. The van der Waals surface area contributed by atoms with Gasteiger partial charge >= 0.3 is 0 Å². The number of hydrogen-bond acceptors (Lipinski definition) is 6. The summed E-state index contributed by atoms with van der Waals surface area (Å²) in [6.07, 6.45) is 0. The van der Waals surface area contributed by atoms with Crippen LogP contribution in [0.1, 0.15) is 5.56 Å². The van der Waals surface area contributed by atoms with E-state index in [0.717, 1.165) is 62.6 Å². The van der Waals surface area contributed by atoms with Crippen LogP contribution < -0.4 is 57.3 Å². The normalized spacial score (nSPS) is 12.8. The lowest BCUT2D eigenvalue weighted by molar-refractivity contribution is 1.21. The van der Waals surface area contributed by atoms with Gasteiger partial charge in [-0.05, 0) is 183 Å². The second-order valence-corrected chi connectivity index (χ2v) is 25.5. The molecule has 93 heavy (non-hydrogen) atoms. The lowest BCUT2D eigenvalue weighted by Crippen LogP contribution is -2.64. The van der Waals surface area contributed by atoms with Crippen molar-refractivity contribution in [3.05, 3.63) is 345 Å². The number of benzene rings is 14. The first kappa shape index (κ1) is 54.5. The minimum absolute atomic E-state index is 0.0920. The topological polar surface area (TPSA) is 16.2 Å². The highest BCUT2D eigenvalue weighted by Crippen LogP contribution is 2.52. The number of aryl methyl sites for hydroxylation is 1. The summed E-state index contributed by atoms with van der Waals surface area (Å²) in [6.45, 7) is 2.06. The van der Waals surface area contributed by atoms with Crippen molar-refractivity contribution in [1.29, 1.82) is 0 Å². The Kier molecular flexibility index (Phi) is 13.2. The van der Waals surface area contributed by atoms with Gasteiger partial charge in [-0.25, -0.2) is 0 Å². The molecule has 0 unspecified atom stereocenters. The van der Waals surface area contributed by atoms with Gasteiger partial charge in [0.05, 0.1) is 5.69 Å². The van der Waals surface area contributed by atoms with Crippen LogP contribution in [0.4, 0.5) is 85.3 Å². The van der Waals surface area contributed by atoms with Gasteiger partial charge in [-0.2, -0.15) is 0 Å². The maximum Gasteiger partial charge on any atom is 0.252 e. The van der Waals surface area contributed by atoms with Gasteiger partial charge in [-0.15, -0.1) is 0 Å². The summed E-state index contributed by atoms with van der Waals surface area (Å²) in [4.78, 5) is 15.0. The third kappa shape index (κ3) is 9.11. The monoisotopic (exact) mass is 1200 g/mol. The molecule has 0 N–H and O–H groups in total. The zero-order valence-corrected chi connectivity index (χ0v) is 51.9. The Labute approximate surface area is 548 Å². The average Bonchev–Trinajstić information content (AvgIpc) is 0.695. The van der Waals surface area contributed by atoms with Crippen LogP contribution in [0.25, 0.3) is 22.3 Å². The second kappa shape index (κ2) is 22.5. The van der Waals surface area contributed by atoms with Crippen LogP contribution in [-0.2, 0) is 0 Å². The van der Waals surface area contributed by atoms with Gasteiger partial charge in [0, 0.05) is 89.4 Å². The van der Waals surface area contributed by atoms with E-state index in [1.165, 1.54) is 93.1 Å². The zero-order valence-electron chi connectivity index (χ0n) is 51.1. The lowest BCUT2D eigenvalue weighted by Gasteiger charge is -2.46. The highest BCUT2D eigenvalue weighted by Gasteiger charge is 2.48. The van der Waals surface area contributed by atoms with Gasteiger partial charge in [-0.3, -0.25) is 0 Å². The maximum absolute atomic E-state index is 2.64. The molecule has 0 spiro atoms. The highest BCUT2D eigenvalue weighted by atomic mass is 32.2. The Morgan fingerprint density at radius 1 is 0.247 bits per heavy atom. The molecule has 0 radical (unpaired) electrons. The van der Waals surface area contributed by atoms with E-state index < -0.39 is 0 Å². The summed E-state index contributed by atoms with van der Waals surface area (Å²) < 4.78 is 0. The van der Waals surface area contributed by atoms with E-state index in [1.807, 2.05) is 11.8 Å². The molecule has 0 aliphatic carbocycles. The molecule has 14 aromatic rings. The molecule has 4 aliphatic rings. The fourth-order valence-corrected chi connectivity index (χ4v) is 16.3. The Morgan fingerprint density at radius 3 is 1.12 bits per heavy atom. The standard InChI is InChI=1S/C85H59B2N5S/c1-58-26-20-23-41-75(58)92-78-57-82-74(56-73(78)86-71-39-21-24-42-76(71)90(65-35-16-6-17-36-65)79-52-69(53-80(92)84(79)86)88(63-31-12-4-13-32-63)64-33-14-5-15-34-64)87-72-40-22-25-43-77(72)91(66-37-18-7-19-38-66)81-54-70(55-83(93-82)85(81)87)89(67-48-44-61(45-49-67)59-27-8-2-9-28-59)68-50-46-62(47-51-68)60-29-10-3-11-30-60/h2-57H,1H3. The number of hydrogen-bond donors (Lipinski definition) is 0. The number of anilines is 15. The van der Waals surface area contributed by atoms with Gasteiger partial charge in [0.25, 0.3) is 6.71 Å². The summed E-state index contributed by atoms with van der Waals surface area (Å²) >= 11 is 1.91. The van der Waals surface area contributed by atoms with E-state index in [-0.39, 0.29) is 13.4 Å².